The monoisotopic (exact) mass is 483 g/mol. The van der Waals surface area contributed by atoms with Gasteiger partial charge in [-0.25, -0.2) is 18.7 Å². The first-order valence-corrected chi connectivity index (χ1v) is 11.4. The summed E-state index contributed by atoms with van der Waals surface area (Å²) in [4.78, 5) is 32.0. The number of hydrogen-bond acceptors (Lipinski definition) is 7. The van der Waals surface area contributed by atoms with Gasteiger partial charge in [0, 0.05) is 45.2 Å². The number of nitrogen functional groups attached to an aromatic ring is 1. The zero-order valence-electron chi connectivity index (χ0n) is 20.3. The Morgan fingerprint density at radius 3 is 2.49 bits per heavy atom. The molecule has 0 spiro atoms. The van der Waals surface area contributed by atoms with Gasteiger partial charge in [-0.1, -0.05) is 0 Å². The molecule has 35 heavy (non-hydrogen) atoms. The van der Waals surface area contributed by atoms with Gasteiger partial charge in [0.1, 0.15) is 16.9 Å². The van der Waals surface area contributed by atoms with E-state index in [-0.39, 0.29) is 23.2 Å². The average Bonchev–Trinajstić information content (AvgIpc) is 3.17. The lowest BCUT2D eigenvalue weighted by Gasteiger charge is -2.33. The van der Waals surface area contributed by atoms with Gasteiger partial charge in [-0.3, -0.25) is 15.0 Å². The normalized spacial score (nSPS) is 14.8. The fraction of sp³-hybridized carbons (Fsp3) is 0.417. The molecule has 3 N–H and O–H groups in total. The predicted octanol–water partition coefficient (Wildman–Crippen LogP) is 3.13. The highest BCUT2D eigenvalue weighted by Crippen LogP contribution is 2.25. The van der Waals surface area contributed by atoms with Gasteiger partial charge >= 0.3 is 6.09 Å². The molecule has 1 aliphatic rings. The maximum absolute atomic E-state index is 14.8. The van der Waals surface area contributed by atoms with Gasteiger partial charge in [0.05, 0.1) is 11.4 Å². The number of ether oxygens (including phenoxy) is 1. The van der Waals surface area contributed by atoms with Crippen LogP contribution in [0.2, 0.25) is 0 Å². The van der Waals surface area contributed by atoms with E-state index in [0.717, 1.165) is 18.8 Å². The number of nitrogens with zero attached hydrogens (tertiary/aromatic N) is 5. The van der Waals surface area contributed by atoms with Crippen molar-refractivity contribution in [2.24, 2.45) is 0 Å². The van der Waals surface area contributed by atoms with Crippen LogP contribution in [0.5, 0.6) is 0 Å². The molecule has 0 saturated carbocycles. The largest absolute Gasteiger partial charge is 0.444 e. The fourth-order valence-electron chi connectivity index (χ4n) is 3.93. The molecule has 1 saturated heterocycles. The zero-order chi connectivity index (χ0) is 25.3. The third kappa shape index (κ3) is 5.68. The van der Waals surface area contributed by atoms with Gasteiger partial charge in [0.25, 0.3) is 0 Å². The summed E-state index contributed by atoms with van der Waals surface area (Å²) >= 11 is 0. The van der Waals surface area contributed by atoms with Crippen LogP contribution in [0.1, 0.15) is 33.4 Å². The van der Waals surface area contributed by atoms with Crippen LogP contribution >= 0.6 is 0 Å². The van der Waals surface area contributed by atoms with Crippen molar-refractivity contribution in [2.45, 2.75) is 39.8 Å². The Kier molecular flexibility index (Phi) is 6.62. The molecular formula is C24H30FN7O3. The van der Waals surface area contributed by atoms with Crippen LogP contribution in [-0.4, -0.2) is 68.2 Å². The van der Waals surface area contributed by atoms with Crippen LogP contribution < -0.4 is 11.1 Å². The Hall–Kier alpha value is -3.73. The smallest absolute Gasteiger partial charge is 0.412 e. The number of halogens is 1. The Morgan fingerprint density at radius 2 is 1.86 bits per heavy atom. The summed E-state index contributed by atoms with van der Waals surface area (Å²) in [6.07, 6.45) is -0.743. The molecule has 0 aliphatic carbocycles. The molecule has 4 rings (SSSR count). The number of fused-ring (bicyclic) bond motifs is 1. The molecule has 3 heterocycles. The van der Waals surface area contributed by atoms with Crippen LogP contribution in [0, 0.1) is 5.82 Å². The van der Waals surface area contributed by atoms with E-state index in [0.29, 0.717) is 30.7 Å². The quantitative estimate of drug-likeness (QED) is 0.585. The molecule has 3 aromatic rings. The molecule has 2 aromatic heterocycles. The highest BCUT2D eigenvalue weighted by Gasteiger charge is 2.21. The second-order valence-electron chi connectivity index (χ2n) is 9.55. The van der Waals surface area contributed by atoms with Crippen molar-refractivity contribution in [2.75, 3.05) is 37.2 Å². The Bertz CT molecular complexity index is 1260. The summed E-state index contributed by atoms with van der Waals surface area (Å²) in [5, 5.41) is 7.02. The topological polar surface area (TPSA) is 118 Å². The van der Waals surface area contributed by atoms with E-state index in [2.05, 4.69) is 20.3 Å². The number of rotatable bonds is 4. The maximum atomic E-state index is 14.8. The molecule has 0 atom stereocenters. The number of aromatic nitrogens is 3. The average molecular weight is 484 g/mol. The number of amides is 2. The Balaban J connectivity index is 1.54. The van der Waals surface area contributed by atoms with E-state index >= 15 is 0 Å². The first kappa shape index (κ1) is 24.4. The minimum Gasteiger partial charge on any atom is -0.444 e. The number of carbonyl (C=O) groups is 2. The number of nitrogens with one attached hydrogen (secondary N) is 1. The van der Waals surface area contributed by atoms with Crippen molar-refractivity contribution in [3.8, 4) is 11.4 Å². The van der Waals surface area contributed by atoms with Crippen molar-refractivity contribution >= 4 is 29.0 Å². The van der Waals surface area contributed by atoms with Crippen LogP contribution in [-0.2, 0) is 16.1 Å². The van der Waals surface area contributed by atoms with Crippen molar-refractivity contribution in [1.82, 2.24) is 24.4 Å². The lowest BCUT2D eigenvalue weighted by molar-refractivity contribution is -0.130. The van der Waals surface area contributed by atoms with E-state index in [1.807, 2.05) is 17.0 Å². The van der Waals surface area contributed by atoms with E-state index in [1.54, 1.807) is 38.3 Å². The van der Waals surface area contributed by atoms with Crippen LogP contribution in [0.4, 0.5) is 20.7 Å². The lowest BCUT2D eigenvalue weighted by atomic mass is 10.2. The molecule has 0 unspecified atom stereocenters. The summed E-state index contributed by atoms with van der Waals surface area (Å²) in [6, 6.07) is 8.09. The molecule has 1 fully saturated rings. The lowest BCUT2D eigenvalue weighted by Crippen LogP contribution is -2.47. The van der Waals surface area contributed by atoms with Gasteiger partial charge in [0.15, 0.2) is 11.6 Å². The van der Waals surface area contributed by atoms with Crippen molar-refractivity contribution in [3.63, 3.8) is 0 Å². The van der Waals surface area contributed by atoms with Crippen molar-refractivity contribution < 1.29 is 18.7 Å². The van der Waals surface area contributed by atoms with Gasteiger partial charge in [0.2, 0.25) is 5.91 Å². The highest BCUT2D eigenvalue weighted by molar-refractivity contribution is 5.85. The minimum absolute atomic E-state index is 0.0107. The van der Waals surface area contributed by atoms with E-state index in [1.165, 1.54) is 12.1 Å². The number of piperazine rings is 1. The second kappa shape index (κ2) is 9.49. The molecule has 0 bridgehead atoms. The number of anilines is 2. The first-order valence-electron chi connectivity index (χ1n) is 11.4. The molecule has 186 valence electrons. The second-order valence-corrected chi connectivity index (χ2v) is 9.55. The van der Waals surface area contributed by atoms with Crippen LogP contribution in [0.25, 0.3) is 16.9 Å². The van der Waals surface area contributed by atoms with Crippen LogP contribution in [0.15, 0.2) is 30.3 Å². The van der Waals surface area contributed by atoms with Crippen LogP contribution in [0.3, 0.4) is 0 Å². The van der Waals surface area contributed by atoms with Crippen molar-refractivity contribution in [1.29, 1.82) is 0 Å². The predicted molar refractivity (Wildman–Crippen MR) is 130 cm³/mol. The zero-order valence-corrected chi connectivity index (χ0v) is 20.3. The Labute approximate surface area is 202 Å². The van der Waals surface area contributed by atoms with Gasteiger partial charge in [-0.05, 0) is 51.1 Å². The summed E-state index contributed by atoms with van der Waals surface area (Å²) < 4.78 is 21.7. The highest BCUT2D eigenvalue weighted by atomic mass is 19.1. The van der Waals surface area contributed by atoms with E-state index in [9.17, 15) is 14.0 Å². The number of benzene rings is 1. The number of carbonyl (C=O) groups excluding carboxylic acids is 2. The summed E-state index contributed by atoms with van der Waals surface area (Å²) in [5.74, 6) is -0.0234. The molecule has 1 aromatic carbocycles. The maximum Gasteiger partial charge on any atom is 0.412 e. The molecule has 2 amide bonds. The van der Waals surface area contributed by atoms with E-state index < -0.39 is 17.5 Å². The molecule has 11 heteroatoms. The van der Waals surface area contributed by atoms with Gasteiger partial charge in [-0.15, -0.1) is 5.10 Å². The molecule has 1 aliphatic heterocycles. The molecular weight excluding hydrogens is 453 g/mol. The molecule has 10 nitrogen and oxygen atoms in total. The minimum atomic E-state index is -0.743. The number of nitrogens with two attached hydrogens (primary N) is 1. The van der Waals surface area contributed by atoms with Gasteiger partial charge in [-0.2, -0.15) is 0 Å². The van der Waals surface area contributed by atoms with Crippen molar-refractivity contribution in [3.05, 3.63) is 41.8 Å². The Morgan fingerprint density at radius 1 is 1.14 bits per heavy atom. The summed E-state index contributed by atoms with van der Waals surface area (Å²) in [6.45, 7) is 10.3. The molecule has 0 radical (unpaired) electrons. The third-order valence-corrected chi connectivity index (χ3v) is 5.68. The van der Waals surface area contributed by atoms with Gasteiger partial charge < -0.3 is 15.4 Å². The summed E-state index contributed by atoms with van der Waals surface area (Å²) in [7, 11) is 0. The summed E-state index contributed by atoms with van der Waals surface area (Å²) in [5.41, 5.74) is 7.47. The first-order chi connectivity index (χ1) is 16.5. The fourth-order valence-corrected chi connectivity index (χ4v) is 3.93. The standard InChI is InChI=1S/C24H30FN7O3/c1-15(33)31-11-9-30(10-12-31)14-17-6-8-20-21(26)28-22(29-32(17)20)16-5-7-19(18(25)13-16)27-23(34)35-24(2,3)4/h5-8,13H,9-12,14H2,1-4H3,(H,27,34)(H2,26,28,29). The third-order valence-electron chi connectivity index (χ3n) is 5.68. The SMILES string of the molecule is CC(=O)N1CCN(Cc2ccc3c(N)nc(-c4ccc(NC(=O)OC(C)(C)C)c(F)c4)nn23)CC1. The van der Waals surface area contributed by atoms with E-state index in [4.69, 9.17) is 10.5 Å². The number of hydrogen-bond donors (Lipinski definition) is 2.